The molecule has 1 aromatic carbocycles. The Hall–Kier alpha value is -1.88. The second-order valence-corrected chi connectivity index (χ2v) is 3.66. The summed E-state index contributed by atoms with van der Waals surface area (Å²) in [5, 5.41) is 3.80. The molecule has 0 saturated carbocycles. The summed E-state index contributed by atoms with van der Waals surface area (Å²) < 4.78 is 0. The topological polar surface area (TPSA) is 79.5 Å². The Bertz CT molecular complexity index is 403. The van der Waals surface area contributed by atoms with E-state index >= 15 is 0 Å². The van der Waals surface area contributed by atoms with Gasteiger partial charge in [-0.1, -0.05) is 17.7 Å². The van der Waals surface area contributed by atoms with E-state index in [9.17, 15) is 4.79 Å². The molecule has 0 atom stereocenters. The van der Waals surface area contributed by atoms with E-state index in [1.165, 1.54) is 5.56 Å². The highest BCUT2D eigenvalue weighted by Crippen LogP contribution is 2.13. The maximum atomic E-state index is 10.8. The fraction of sp³-hybridized carbons (Fsp3) is 0.273. The van der Waals surface area contributed by atoms with E-state index in [4.69, 9.17) is 5.84 Å². The number of carbonyl (C=O) groups excluding carboxylic acids is 1. The third kappa shape index (κ3) is 3.06. The van der Waals surface area contributed by atoms with Gasteiger partial charge in [-0.3, -0.25) is 5.43 Å². The fourth-order valence-corrected chi connectivity index (χ4v) is 1.58. The van der Waals surface area contributed by atoms with E-state index in [1.807, 2.05) is 26.2 Å². The number of rotatable bonds is 2. The molecule has 0 bridgehead atoms. The lowest BCUT2D eigenvalue weighted by Crippen LogP contribution is -2.37. The van der Waals surface area contributed by atoms with Gasteiger partial charge in [0.1, 0.15) is 0 Å². The van der Waals surface area contributed by atoms with Crippen LogP contribution in [-0.4, -0.2) is 12.2 Å². The molecule has 0 fully saturated rings. The molecular weight excluding hydrogens is 204 g/mol. The van der Waals surface area contributed by atoms with Gasteiger partial charge in [0.25, 0.3) is 0 Å². The molecule has 0 heterocycles. The number of urea groups is 1. The highest BCUT2D eigenvalue weighted by molar-refractivity contribution is 5.85. The number of amides is 2. The monoisotopic (exact) mass is 220 g/mol. The van der Waals surface area contributed by atoms with Crippen LogP contribution in [-0.2, 0) is 0 Å². The van der Waals surface area contributed by atoms with E-state index in [0.717, 1.165) is 16.7 Å². The molecule has 5 nitrogen and oxygen atoms in total. The number of hydrogen-bond acceptors (Lipinski definition) is 3. The predicted molar refractivity (Wildman–Crippen MR) is 64.1 cm³/mol. The molecule has 0 unspecified atom stereocenters. The van der Waals surface area contributed by atoms with Crippen molar-refractivity contribution in [2.45, 2.75) is 20.8 Å². The van der Waals surface area contributed by atoms with Gasteiger partial charge in [-0.25, -0.2) is 16.1 Å². The van der Waals surface area contributed by atoms with Gasteiger partial charge >= 0.3 is 6.03 Å². The Morgan fingerprint density at radius 3 is 2.38 bits per heavy atom. The number of hydrazine groups is 1. The van der Waals surface area contributed by atoms with Crippen LogP contribution in [0.5, 0.6) is 0 Å². The van der Waals surface area contributed by atoms with Gasteiger partial charge in [0.15, 0.2) is 0 Å². The fourth-order valence-electron chi connectivity index (χ4n) is 1.58. The minimum Gasteiger partial charge on any atom is -0.274 e. The van der Waals surface area contributed by atoms with Crippen LogP contribution in [0.25, 0.3) is 0 Å². The van der Waals surface area contributed by atoms with Crippen molar-refractivity contribution >= 4 is 12.2 Å². The zero-order valence-electron chi connectivity index (χ0n) is 9.66. The molecule has 0 aromatic heterocycles. The lowest BCUT2D eigenvalue weighted by atomic mass is 10.0. The summed E-state index contributed by atoms with van der Waals surface area (Å²) in [4.78, 5) is 10.8. The normalized spacial score (nSPS) is 10.5. The van der Waals surface area contributed by atoms with Crippen LogP contribution in [0.15, 0.2) is 17.2 Å². The summed E-state index contributed by atoms with van der Waals surface area (Å²) in [5.74, 6) is 4.90. The number of nitrogens with zero attached hydrogens (tertiary/aromatic N) is 1. The van der Waals surface area contributed by atoms with Gasteiger partial charge in [0, 0.05) is 5.56 Å². The summed E-state index contributed by atoms with van der Waals surface area (Å²) in [5.41, 5.74) is 8.62. The van der Waals surface area contributed by atoms with E-state index in [0.29, 0.717) is 0 Å². The molecular formula is C11H16N4O. The van der Waals surface area contributed by atoms with Gasteiger partial charge < -0.3 is 0 Å². The van der Waals surface area contributed by atoms with Crippen LogP contribution < -0.4 is 16.7 Å². The quantitative estimate of drug-likeness (QED) is 0.302. The summed E-state index contributed by atoms with van der Waals surface area (Å²) in [6.07, 6.45) is 1.61. The highest BCUT2D eigenvalue weighted by atomic mass is 16.2. The first-order valence-corrected chi connectivity index (χ1v) is 4.92. The van der Waals surface area contributed by atoms with Crippen molar-refractivity contribution in [2.75, 3.05) is 0 Å². The van der Waals surface area contributed by atoms with Gasteiger partial charge in [-0.2, -0.15) is 5.10 Å². The van der Waals surface area contributed by atoms with Crippen molar-refractivity contribution in [1.29, 1.82) is 0 Å². The standard InChI is InChI=1S/C11H16N4O/c1-7-4-8(2)10(9(3)5-7)6-13-15-11(16)14-12/h4-6H,12H2,1-3H3,(H2,14,15,16)/b13-6-. The van der Waals surface area contributed by atoms with Gasteiger partial charge in [0.2, 0.25) is 0 Å². The van der Waals surface area contributed by atoms with Gasteiger partial charge in [-0.15, -0.1) is 0 Å². The Morgan fingerprint density at radius 2 is 1.88 bits per heavy atom. The average molecular weight is 220 g/mol. The molecule has 4 N–H and O–H groups in total. The van der Waals surface area contributed by atoms with Crippen LogP contribution in [0.4, 0.5) is 4.79 Å². The summed E-state index contributed by atoms with van der Waals surface area (Å²) in [6, 6.07) is 3.59. The maximum Gasteiger partial charge on any atom is 0.349 e. The Balaban J connectivity index is 2.85. The molecule has 0 aliphatic rings. The third-order valence-corrected chi connectivity index (χ3v) is 2.23. The third-order valence-electron chi connectivity index (χ3n) is 2.23. The lowest BCUT2D eigenvalue weighted by Gasteiger charge is -2.06. The molecule has 0 aliphatic heterocycles. The summed E-state index contributed by atoms with van der Waals surface area (Å²) in [6.45, 7) is 6.05. The molecule has 2 amide bonds. The first kappa shape index (κ1) is 12.2. The minimum absolute atomic E-state index is 0.543. The zero-order chi connectivity index (χ0) is 12.1. The number of benzene rings is 1. The first-order chi connectivity index (χ1) is 7.54. The first-order valence-electron chi connectivity index (χ1n) is 4.92. The molecule has 0 spiro atoms. The molecule has 16 heavy (non-hydrogen) atoms. The summed E-state index contributed by atoms with van der Waals surface area (Å²) in [7, 11) is 0. The smallest absolute Gasteiger partial charge is 0.274 e. The molecule has 0 saturated heterocycles. The molecule has 5 heteroatoms. The Kier molecular flexibility index (Phi) is 4.02. The highest BCUT2D eigenvalue weighted by Gasteiger charge is 2.01. The van der Waals surface area contributed by atoms with Crippen molar-refractivity contribution in [2.24, 2.45) is 10.9 Å². The molecule has 86 valence electrons. The van der Waals surface area contributed by atoms with Crippen LogP contribution in [0.2, 0.25) is 0 Å². The number of hydrazone groups is 1. The van der Waals surface area contributed by atoms with E-state index in [1.54, 1.807) is 6.21 Å². The van der Waals surface area contributed by atoms with Crippen molar-refractivity contribution < 1.29 is 4.79 Å². The SMILES string of the molecule is Cc1cc(C)c(/C=N\NC(=O)NN)c(C)c1. The molecule has 0 aliphatic carbocycles. The number of hydrogen-bond donors (Lipinski definition) is 3. The Labute approximate surface area is 94.7 Å². The van der Waals surface area contributed by atoms with Crippen LogP contribution >= 0.6 is 0 Å². The van der Waals surface area contributed by atoms with Crippen molar-refractivity contribution in [1.82, 2.24) is 10.9 Å². The van der Waals surface area contributed by atoms with Crippen LogP contribution in [0.1, 0.15) is 22.3 Å². The van der Waals surface area contributed by atoms with E-state index < -0.39 is 6.03 Å². The van der Waals surface area contributed by atoms with Gasteiger partial charge in [0.05, 0.1) is 6.21 Å². The lowest BCUT2D eigenvalue weighted by molar-refractivity contribution is 0.241. The van der Waals surface area contributed by atoms with Crippen LogP contribution in [0, 0.1) is 20.8 Å². The van der Waals surface area contributed by atoms with Crippen molar-refractivity contribution in [3.8, 4) is 0 Å². The van der Waals surface area contributed by atoms with Gasteiger partial charge in [-0.05, 0) is 31.9 Å². The van der Waals surface area contributed by atoms with Crippen molar-refractivity contribution in [3.63, 3.8) is 0 Å². The average Bonchev–Trinajstić information content (AvgIpc) is 2.21. The minimum atomic E-state index is -0.543. The molecule has 0 radical (unpaired) electrons. The number of carbonyl (C=O) groups is 1. The number of nitrogens with two attached hydrogens (primary N) is 1. The van der Waals surface area contributed by atoms with E-state index in [2.05, 4.69) is 22.7 Å². The summed E-state index contributed by atoms with van der Waals surface area (Å²) >= 11 is 0. The van der Waals surface area contributed by atoms with E-state index in [-0.39, 0.29) is 0 Å². The maximum absolute atomic E-state index is 10.8. The number of nitrogens with one attached hydrogen (secondary N) is 2. The Morgan fingerprint density at radius 1 is 1.31 bits per heavy atom. The van der Waals surface area contributed by atoms with Crippen molar-refractivity contribution in [3.05, 3.63) is 34.4 Å². The van der Waals surface area contributed by atoms with Crippen LogP contribution in [0.3, 0.4) is 0 Å². The second kappa shape index (κ2) is 5.27. The molecule has 1 rings (SSSR count). The predicted octanol–water partition coefficient (Wildman–Crippen LogP) is 1.12. The molecule has 1 aromatic rings. The largest absolute Gasteiger partial charge is 0.349 e. The zero-order valence-corrected chi connectivity index (χ0v) is 9.66. The second-order valence-electron chi connectivity index (χ2n) is 3.66. The number of aryl methyl sites for hydroxylation is 3.